The Labute approximate surface area is 168 Å². The zero-order chi connectivity index (χ0) is 21.0. The normalized spacial score (nSPS) is 13.6. The molecule has 0 saturated heterocycles. The maximum Gasteiger partial charge on any atom is 0.337 e. The molecule has 2 N–H and O–H groups in total. The summed E-state index contributed by atoms with van der Waals surface area (Å²) in [6.07, 6.45) is 0. The molecule has 0 fully saturated rings. The fourth-order valence-electron chi connectivity index (χ4n) is 3.13. The molecule has 7 nitrogen and oxygen atoms in total. The fraction of sp³-hybridized carbons (Fsp3) is 0.227. The third-order valence-electron chi connectivity index (χ3n) is 4.70. The van der Waals surface area contributed by atoms with E-state index < -0.39 is 11.9 Å². The fourth-order valence-corrected chi connectivity index (χ4v) is 3.13. The van der Waals surface area contributed by atoms with Crippen LogP contribution >= 0.6 is 0 Å². The van der Waals surface area contributed by atoms with Gasteiger partial charge in [-0.15, -0.1) is 0 Å². The van der Waals surface area contributed by atoms with E-state index in [1.807, 2.05) is 19.1 Å². The lowest BCUT2D eigenvalue weighted by molar-refractivity contribution is -0.136. The molecule has 1 aliphatic rings. The van der Waals surface area contributed by atoms with Crippen LogP contribution in [0.15, 0.2) is 59.8 Å². The van der Waals surface area contributed by atoms with Crippen LogP contribution in [-0.2, 0) is 14.3 Å². The molecule has 0 aromatic heterocycles. The van der Waals surface area contributed by atoms with E-state index in [2.05, 4.69) is 5.32 Å². The molecule has 0 unspecified atom stereocenters. The van der Waals surface area contributed by atoms with Crippen molar-refractivity contribution in [2.24, 2.45) is 0 Å². The Morgan fingerprint density at radius 1 is 1.14 bits per heavy atom. The monoisotopic (exact) mass is 394 g/mol. The molecule has 1 heterocycles. The molecule has 1 aliphatic heterocycles. The van der Waals surface area contributed by atoms with Gasteiger partial charge in [0.05, 0.1) is 25.8 Å². The summed E-state index contributed by atoms with van der Waals surface area (Å²) in [6, 6.07) is 14.0. The van der Waals surface area contributed by atoms with Gasteiger partial charge >= 0.3 is 5.97 Å². The van der Waals surface area contributed by atoms with E-state index in [-0.39, 0.29) is 36.7 Å². The molecule has 0 radical (unpaired) electrons. The van der Waals surface area contributed by atoms with Crippen molar-refractivity contribution in [1.82, 2.24) is 4.90 Å². The summed E-state index contributed by atoms with van der Waals surface area (Å²) in [5, 5.41) is 12.1. The van der Waals surface area contributed by atoms with Gasteiger partial charge in [0.25, 0.3) is 5.91 Å². The van der Waals surface area contributed by atoms with Crippen LogP contribution in [0.25, 0.3) is 0 Å². The highest BCUT2D eigenvalue weighted by Crippen LogP contribution is 2.26. The van der Waals surface area contributed by atoms with Gasteiger partial charge in [-0.1, -0.05) is 42.0 Å². The maximum atomic E-state index is 13.0. The third kappa shape index (κ3) is 4.20. The summed E-state index contributed by atoms with van der Waals surface area (Å²) < 4.78 is 4.79. The highest BCUT2D eigenvalue weighted by Gasteiger charge is 2.34. The first-order valence-corrected chi connectivity index (χ1v) is 9.15. The molecule has 0 atom stereocenters. The number of ketones is 1. The number of amides is 1. The van der Waals surface area contributed by atoms with E-state index in [1.54, 1.807) is 36.4 Å². The number of benzene rings is 2. The van der Waals surface area contributed by atoms with E-state index in [0.717, 1.165) is 5.56 Å². The standard InChI is InChI=1S/C22H22N2O5/c1-14-7-9-15(10-8-14)20(26)16-5-3-4-6-18(16)23-19-17(22(28)29-2)13-24(11-12-25)21(19)27/h3-10,23,25H,11-13H2,1-2H3. The van der Waals surface area contributed by atoms with E-state index in [1.165, 1.54) is 12.0 Å². The van der Waals surface area contributed by atoms with Gasteiger partial charge in [0.2, 0.25) is 0 Å². The van der Waals surface area contributed by atoms with Gasteiger partial charge in [0.15, 0.2) is 5.78 Å². The van der Waals surface area contributed by atoms with Crippen molar-refractivity contribution < 1.29 is 24.2 Å². The van der Waals surface area contributed by atoms with Crippen LogP contribution in [-0.4, -0.2) is 54.5 Å². The lowest BCUT2D eigenvalue weighted by Gasteiger charge is -2.16. The zero-order valence-corrected chi connectivity index (χ0v) is 16.3. The van der Waals surface area contributed by atoms with Crippen molar-refractivity contribution in [2.45, 2.75) is 6.92 Å². The van der Waals surface area contributed by atoms with E-state index in [0.29, 0.717) is 16.8 Å². The van der Waals surface area contributed by atoms with Crippen LogP contribution in [0.2, 0.25) is 0 Å². The SMILES string of the molecule is COC(=O)C1=C(Nc2ccccc2C(=O)c2ccc(C)cc2)C(=O)N(CCO)C1. The van der Waals surface area contributed by atoms with Crippen LogP contribution in [0.5, 0.6) is 0 Å². The number of aliphatic hydroxyl groups is 1. The van der Waals surface area contributed by atoms with Crippen LogP contribution in [0.1, 0.15) is 21.5 Å². The molecule has 0 aliphatic carbocycles. The maximum absolute atomic E-state index is 13.0. The average Bonchev–Trinajstić information content (AvgIpc) is 3.04. The minimum atomic E-state index is -0.636. The zero-order valence-electron chi connectivity index (χ0n) is 16.3. The van der Waals surface area contributed by atoms with Gasteiger partial charge in [0.1, 0.15) is 5.70 Å². The molecule has 0 saturated carbocycles. The number of carbonyl (C=O) groups excluding carboxylic acids is 3. The molecule has 2 aromatic rings. The number of nitrogens with zero attached hydrogens (tertiary/aromatic N) is 1. The summed E-state index contributed by atoms with van der Waals surface area (Å²) >= 11 is 0. The highest BCUT2D eigenvalue weighted by molar-refractivity contribution is 6.14. The first-order chi connectivity index (χ1) is 14.0. The molecule has 2 aromatic carbocycles. The molecule has 7 heteroatoms. The summed E-state index contributed by atoms with van der Waals surface area (Å²) in [4.78, 5) is 39.2. The molecular weight excluding hydrogens is 372 g/mol. The molecule has 0 spiro atoms. The summed E-state index contributed by atoms with van der Waals surface area (Å²) in [5.74, 6) is -1.27. The highest BCUT2D eigenvalue weighted by atomic mass is 16.5. The van der Waals surface area contributed by atoms with Gasteiger partial charge in [-0.2, -0.15) is 0 Å². The van der Waals surface area contributed by atoms with E-state index in [4.69, 9.17) is 4.74 Å². The second kappa shape index (κ2) is 8.70. The van der Waals surface area contributed by atoms with E-state index >= 15 is 0 Å². The number of aliphatic hydroxyl groups excluding tert-OH is 1. The van der Waals surface area contributed by atoms with Gasteiger partial charge < -0.3 is 20.1 Å². The van der Waals surface area contributed by atoms with Gasteiger partial charge in [0, 0.05) is 23.4 Å². The number of β-amino-alcohol motifs (C(OH)–C–C–N with tert-alkyl or cyclic N) is 1. The predicted molar refractivity (Wildman–Crippen MR) is 107 cm³/mol. The number of hydrogen-bond donors (Lipinski definition) is 2. The number of anilines is 1. The number of esters is 1. The molecule has 1 amide bonds. The number of rotatable bonds is 7. The van der Waals surface area contributed by atoms with Crippen LogP contribution in [0, 0.1) is 6.92 Å². The van der Waals surface area contributed by atoms with Gasteiger partial charge in [-0.3, -0.25) is 9.59 Å². The summed E-state index contributed by atoms with van der Waals surface area (Å²) in [7, 11) is 1.24. The number of hydrogen-bond acceptors (Lipinski definition) is 6. The average molecular weight is 394 g/mol. The van der Waals surface area contributed by atoms with Crippen molar-refractivity contribution in [1.29, 1.82) is 0 Å². The molecule has 0 bridgehead atoms. The second-order valence-electron chi connectivity index (χ2n) is 6.66. The Morgan fingerprint density at radius 2 is 1.83 bits per heavy atom. The van der Waals surface area contributed by atoms with Gasteiger partial charge in [-0.05, 0) is 19.1 Å². The summed E-state index contributed by atoms with van der Waals surface area (Å²) in [5.41, 5.74) is 2.56. The van der Waals surface area contributed by atoms with Crippen molar-refractivity contribution in [3.8, 4) is 0 Å². The van der Waals surface area contributed by atoms with Crippen molar-refractivity contribution >= 4 is 23.3 Å². The lowest BCUT2D eigenvalue weighted by atomic mass is 10.0. The number of methoxy groups -OCH3 is 1. The van der Waals surface area contributed by atoms with Crippen molar-refractivity contribution in [3.05, 3.63) is 76.5 Å². The molecule has 29 heavy (non-hydrogen) atoms. The number of ether oxygens (including phenoxy) is 1. The Balaban J connectivity index is 1.97. The Kier molecular flexibility index (Phi) is 6.09. The van der Waals surface area contributed by atoms with Crippen LogP contribution in [0.3, 0.4) is 0 Å². The van der Waals surface area contributed by atoms with Crippen molar-refractivity contribution in [3.63, 3.8) is 0 Å². The number of para-hydroxylation sites is 1. The molecule has 3 rings (SSSR count). The first kappa shape index (κ1) is 20.3. The Bertz CT molecular complexity index is 979. The van der Waals surface area contributed by atoms with Crippen LogP contribution < -0.4 is 5.32 Å². The number of carbonyl (C=O) groups is 3. The molecular formula is C22H22N2O5. The Morgan fingerprint density at radius 3 is 2.48 bits per heavy atom. The number of aryl methyl sites for hydroxylation is 1. The summed E-state index contributed by atoms with van der Waals surface area (Å²) in [6.45, 7) is 1.83. The smallest absolute Gasteiger partial charge is 0.337 e. The molecule has 150 valence electrons. The largest absolute Gasteiger partial charge is 0.466 e. The number of nitrogens with one attached hydrogen (secondary N) is 1. The second-order valence-corrected chi connectivity index (χ2v) is 6.66. The van der Waals surface area contributed by atoms with Crippen LogP contribution in [0.4, 0.5) is 5.69 Å². The minimum Gasteiger partial charge on any atom is -0.466 e. The topological polar surface area (TPSA) is 95.9 Å². The first-order valence-electron chi connectivity index (χ1n) is 9.15. The predicted octanol–water partition coefficient (Wildman–Crippen LogP) is 1.90. The lowest BCUT2D eigenvalue weighted by Crippen LogP contribution is -2.31. The Hall–Kier alpha value is -3.45. The third-order valence-corrected chi connectivity index (χ3v) is 4.70. The quantitative estimate of drug-likeness (QED) is 0.550. The van der Waals surface area contributed by atoms with Crippen molar-refractivity contribution in [2.75, 3.05) is 32.1 Å². The minimum absolute atomic E-state index is 0.0302. The van der Waals surface area contributed by atoms with E-state index in [9.17, 15) is 19.5 Å². The van der Waals surface area contributed by atoms with Gasteiger partial charge in [-0.25, -0.2) is 4.79 Å².